The molecule has 0 N–H and O–H groups in total. The molecule has 0 aliphatic carbocycles. The van der Waals surface area contributed by atoms with Crippen molar-refractivity contribution in [2.45, 2.75) is 107 Å². The highest BCUT2D eigenvalue weighted by Crippen LogP contribution is 2.45. The van der Waals surface area contributed by atoms with Crippen molar-refractivity contribution in [1.29, 1.82) is 0 Å². The van der Waals surface area contributed by atoms with Crippen LogP contribution >= 0.6 is 0 Å². The molecule has 0 aliphatic heterocycles. The third kappa shape index (κ3) is 8.01. The lowest BCUT2D eigenvalue weighted by Crippen LogP contribution is -2.27. The fourth-order valence-electron chi connectivity index (χ4n) is 3.10. The molecule has 0 fully saturated rings. The number of benzene rings is 1. The topological polar surface area (TPSA) is 18.5 Å². The van der Waals surface area contributed by atoms with Crippen molar-refractivity contribution < 1.29 is 9.47 Å². The summed E-state index contributed by atoms with van der Waals surface area (Å²) in [6.45, 7) is 26.4. The van der Waals surface area contributed by atoms with E-state index in [1.807, 2.05) is 0 Å². The molecule has 2 heteroatoms. The van der Waals surface area contributed by atoms with Gasteiger partial charge < -0.3 is 9.47 Å². The van der Waals surface area contributed by atoms with Gasteiger partial charge in [-0.3, -0.25) is 0 Å². The van der Waals surface area contributed by atoms with Gasteiger partial charge in [-0.1, -0.05) is 47.6 Å². The van der Waals surface area contributed by atoms with E-state index >= 15 is 0 Å². The first-order valence-electron chi connectivity index (χ1n) is 9.89. The second kappa shape index (κ2) is 7.44. The van der Waals surface area contributed by atoms with Gasteiger partial charge in [-0.15, -0.1) is 0 Å². The van der Waals surface area contributed by atoms with Gasteiger partial charge in [-0.05, 0) is 82.4 Å². The van der Waals surface area contributed by atoms with Crippen LogP contribution in [0, 0.1) is 10.8 Å². The number of ether oxygens (including phenoxy) is 2. The lowest BCUT2D eigenvalue weighted by Gasteiger charge is -2.37. The van der Waals surface area contributed by atoms with Crippen LogP contribution in [-0.2, 0) is 0 Å². The molecule has 0 saturated carbocycles. The molecule has 0 radical (unpaired) electrons. The van der Waals surface area contributed by atoms with Crippen molar-refractivity contribution in [1.82, 2.24) is 0 Å². The second-order valence-electron chi connectivity index (χ2n) is 11.8. The summed E-state index contributed by atoms with van der Waals surface area (Å²) in [5.41, 5.74) is 1.25. The quantitative estimate of drug-likeness (QED) is 0.548. The minimum Gasteiger partial charge on any atom is -0.484 e. The van der Waals surface area contributed by atoms with Crippen LogP contribution in [0.5, 0.6) is 11.5 Å². The molecular formula is C24H42O2. The molecule has 26 heavy (non-hydrogen) atoms. The summed E-state index contributed by atoms with van der Waals surface area (Å²) in [5.74, 6) is 2.11. The van der Waals surface area contributed by atoms with E-state index in [9.17, 15) is 0 Å². The zero-order valence-corrected chi connectivity index (χ0v) is 19.3. The molecule has 2 nitrogen and oxygen atoms in total. The molecule has 0 spiro atoms. The third-order valence-electron chi connectivity index (χ3n) is 4.06. The number of hydrogen-bond acceptors (Lipinski definition) is 2. The molecule has 0 amide bonds. The number of rotatable bonds is 4. The van der Waals surface area contributed by atoms with E-state index in [0.717, 1.165) is 17.9 Å². The average molecular weight is 363 g/mol. The summed E-state index contributed by atoms with van der Waals surface area (Å²) in [6.07, 6.45) is 1.13. The summed E-state index contributed by atoms with van der Waals surface area (Å²) in [5, 5.41) is 0. The Morgan fingerprint density at radius 1 is 0.692 bits per heavy atom. The number of hydrogen-bond donors (Lipinski definition) is 0. The third-order valence-corrected chi connectivity index (χ3v) is 4.06. The molecule has 0 saturated heterocycles. The molecule has 0 aliphatic rings. The Balaban J connectivity index is 3.40. The van der Waals surface area contributed by atoms with Crippen LogP contribution in [0.15, 0.2) is 18.2 Å². The Bertz CT molecular complexity index is 587. The summed E-state index contributed by atoms with van der Waals surface area (Å²) in [6, 6.07) is 6.51. The lowest BCUT2D eigenvalue weighted by molar-refractivity contribution is 0.0953. The van der Waals surface area contributed by atoms with Crippen molar-refractivity contribution in [2.24, 2.45) is 10.8 Å². The maximum Gasteiger partial charge on any atom is 0.162 e. The van der Waals surface area contributed by atoms with E-state index in [1.54, 1.807) is 0 Å². The van der Waals surface area contributed by atoms with Gasteiger partial charge in [0, 0.05) is 0 Å². The van der Waals surface area contributed by atoms with Crippen LogP contribution in [-0.4, -0.2) is 11.2 Å². The summed E-state index contributed by atoms with van der Waals surface area (Å²) in [4.78, 5) is 0. The first kappa shape index (κ1) is 22.9. The van der Waals surface area contributed by atoms with E-state index in [0.29, 0.717) is 5.92 Å². The van der Waals surface area contributed by atoms with Crippen molar-refractivity contribution in [3.8, 4) is 11.5 Å². The van der Waals surface area contributed by atoms with Crippen molar-refractivity contribution in [3.05, 3.63) is 23.8 Å². The molecule has 1 rings (SSSR count). The zero-order chi connectivity index (χ0) is 20.6. The van der Waals surface area contributed by atoms with Crippen molar-refractivity contribution in [2.75, 3.05) is 0 Å². The van der Waals surface area contributed by atoms with Crippen LogP contribution < -0.4 is 9.47 Å². The molecule has 1 aromatic rings. The Kier molecular flexibility index (Phi) is 6.55. The minimum absolute atomic E-state index is 0.179. The van der Waals surface area contributed by atoms with Gasteiger partial charge >= 0.3 is 0 Å². The summed E-state index contributed by atoms with van der Waals surface area (Å²) >= 11 is 0. The highest BCUT2D eigenvalue weighted by Gasteiger charge is 2.31. The second-order valence-corrected chi connectivity index (χ2v) is 11.8. The maximum atomic E-state index is 6.29. The molecule has 1 unspecified atom stereocenters. The largest absolute Gasteiger partial charge is 0.484 e. The standard InChI is InChI=1S/C24H42O2/c1-21(2,3)16-18(22(4,5)6)17-13-14-19(25-23(7,8)9)20(15-17)26-24(10,11)12/h13-15,18H,16H2,1-12H3. The first-order valence-corrected chi connectivity index (χ1v) is 9.89. The predicted molar refractivity (Wildman–Crippen MR) is 113 cm³/mol. The van der Waals surface area contributed by atoms with Crippen LogP contribution in [0.1, 0.15) is 101 Å². The fraction of sp³-hybridized carbons (Fsp3) is 0.750. The maximum absolute atomic E-state index is 6.29. The van der Waals surface area contributed by atoms with Crippen LogP contribution in [0.3, 0.4) is 0 Å². The summed E-state index contributed by atoms with van der Waals surface area (Å²) in [7, 11) is 0. The van der Waals surface area contributed by atoms with Crippen LogP contribution in [0.2, 0.25) is 0 Å². The van der Waals surface area contributed by atoms with Crippen LogP contribution in [0.4, 0.5) is 0 Å². The van der Waals surface area contributed by atoms with E-state index in [4.69, 9.17) is 9.47 Å². The average Bonchev–Trinajstić information content (AvgIpc) is 2.32. The monoisotopic (exact) mass is 362 g/mol. The predicted octanol–water partition coefficient (Wildman–Crippen LogP) is 7.61. The SMILES string of the molecule is CC(C)(C)CC(c1ccc(OC(C)(C)C)c(OC(C)(C)C)c1)C(C)(C)C. The Hall–Kier alpha value is -1.18. The summed E-state index contributed by atoms with van der Waals surface area (Å²) < 4.78 is 12.5. The van der Waals surface area contributed by atoms with Crippen LogP contribution in [0.25, 0.3) is 0 Å². The Labute approximate surface area is 162 Å². The van der Waals surface area contributed by atoms with E-state index in [2.05, 4.69) is 101 Å². The first-order chi connectivity index (χ1) is 11.4. The molecule has 0 aromatic heterocycles. The van der Waals surface area contributed by atoms with E-state index < -0.39 is 0 Å². The molecule has 1 atom stereocenters. The smallest absolute Gasteiger partial charge is 0.162 e. The van der Waals surface area contributed by atoms with Gasteiger partial charge in [-0.25, -0.2) is 0 Å². The normalized spacial score (nSPS) is 14.9. The van der Waals surface area contributed by atoms with Gasteiger partial charge in [0.05, 0.1) is 0 Å². The molecule has 1 aromatic carbocycles. The van der Waals surface area contributed by atoms with Gasteiger partial charge in [0.15, 0.2) is 11.5 Å². The minimum atomic E-state index is -0.268. The highest BCUT2D eigenvalue weighted by atomic mass is 16.5. The van der Waals surface area contributed by atoms with E-state index in [-0.39, 0.29) is 22.0 Å². The molecule has 150 valence electrons. The molecule has 0 bridgehead atoms. The van der Waals surface area contributed by atoms with Crippen molar-refractivity contribution in [3.63, 3.8) is 0 Å². The Morgan fingerprint density at radius 3 is 1.54 bits per heavy atom. The van der Waals surface area contributed by atoms with Gasteiger partial charge in [-0.2, -0.15) is 0 Å². The van der Waals surface area contributed by atoms with Gasteiger partial charge in [0.2, 0.25) is 0 Å². The highest BCUT2D eigenvalue weighted by molar-refractivity contribution is 5.45. The van der Waals surface area contributed by atoms with Gasteiger partial charge in [0.25, 0.3) is 0 Å². The lowest BCUT2D eigenvalue weighted by atomic mass is 9.69. The Morgan fingerprint density at radius 2 is 1.15 bits per heavy atom. The van der Waals surface area contributed by atoms with E-state index in [1.165, 1.54) is 5.56 Å². The zero-order valence-electron chi connectivity index (χ0n) is 19.3. The molecule has 0 heterocycles. The molecular weight excluding hydrogens is 320 g/mol. The fourth-order valence-corrected chi connectivity index (χ4v) is 3.10. The van der Waals surface area contributed by atoms with Gasteiger partial charge in [0.1, 0.15) is 11.2 Å². The van der Waals surface area contributed by atoms with Crippen molar-refractivity contribution >= 4 is 0 Å².